The van der Waals surface area contributed by atoms with Gasteiger partial charge in [0.1, 0.15) is 11.4 Å². The van der Waals surface area contributed by atoms with Gasteiger partial charge in [-0.25, -0.2) is 0 Å². The number of thioether (sulfide) groups is 1. The van der Waals surface area contributed by atoms with Crippen molar-refractivity contribution >= 4 is 40.4 Å². The molecule has 146 valence electrons. The van der Waals surface area contributed by atoms with E-state index < -0.39 is 10.9 Å². The first-order valence-electron chi connectivity index (χ1n) is 9.28. The third-order valence-electron chi connectivity index (χ3n) is 4.32. The molecule has 0 radical (unpaired) electrons. The van der Waals surface area contributed by atoms with E-state index in [0.717, 1.165) is 42.1 Å². The number of halogens is 1. The lowest BCUT2D eigenvalue weighted by Gasteiger charge is -2.14. The average Bonchev–Trinajstić information content (AvgIpc) is 2.73. The highest BCUT2D eigenvalue weighted by Crippen LogP contribution is 2.22. The Morgan fingerprint density at radius 1 is 0.857 bits per heavy atom. The van der Waals surface area contributed by atoms with Gasteiger partial charge in [-0.2, -0.15) is 0 Å². The van der Waals surface area contributed by atoms with Crippen LogP contribution in [0.1, 0.15) is 25.7 Å². The summed E-state index contributed by atoms with van der Waals surface area (Å²) in [5.74, 6) is 1.08. The van der Waals surface area contributed by atoms with Crippen molar-refractivity contribution in [2.75, 3.05) is 22.9 Å². The minimum absolute atomic E-state index is 0.343. The summed E-state index contributed by atoms with van der Waals surface area (Å²) in [6.07, 6.45) is 7.58. The first-order chi connectivity index (χ1) is 13.6. The van der Waals surface area contributed by atoms with E-state index in [2.05, 4.69) is 15.6 Å². The molecule has 1 heterocycles. The molecule has 3 aromatic rings. The van der Waals surface area contributed by atoms with Crippen molar-refractivity contribution in [1.29, 1.82) is 0 Å². The molecule has 2 N–H and O–H groups in total. The van der Waals surface area contributed by atoms with Gasteiger partial charge in [-0.3, -0.25) is 14.6 Å². The molecular formula is C21H22ClN3O2S. The first kappa shape index (κ1) is 20.4. The van der Waals surface area contributed by atoms with Crippen LogP contribution in [0.3, 0.4) is 0 Å². The van der Waals surface area contributed by atoms with Crippen molar-refractivity contribution in [3.05, 3.63) is 74.3 Å². The zero-order valence-corrected chi connectivity index (χ0v) is 17.0. The summed E-state index contributed by atoms with van der Waals surface area (Å²) in [5.41, 5.74) is 0.550. The molecule has 0 saturated heterocycles. The van der Waals surface area contributed by atoms with Crippen LogP contribution in [0.25, 0.3) is 0 Å². The number of aromatic nitrogens is 1. The number of hydrogen-bond acceptors (Lipinski definition) is 6. The van der Waals surface area contributed by atoms with E-state index in [1.54, 1.807) is 24.5 Å². The van der Waals surface area contributed by atoms with Gasteiger partial charge >= 0.3 is 0 Å². The van der Waals surface area contributed by atoms with Gasteiger partial charge in [0.2, 0.25) is 0 Å². The van der Waals surface area contributed by atoms with Gasteiger partial charge in [0.15, 0.2) is 0 Å². The predicted molar refractivity (Wildman–Crippen MR) is 118 cm³/mol. The van der Waals surface area contributed by atoms with Crippen LogP contribution in [-0.2, 0) is 0 Å². The van der Waals surface area contributed by atoms with Crippen LogP contribution in [0.5, 0.6) is 0 Å². The van der Waals surface area contributed by atoms with Gasteiger partial charge in [0.25, 0.3) is 10.9 Å². The SMILES string of the molecule is O=c1c(NCCCCCCSc2ccc(Cl)cc2)c(Nc2ccncc2)c1=O. The molecule has 0 aliphatic heterocycles. The molecule has 0 saturated carbocycles. The molecule has 0 amide bonds. The third-order valence-corrected chi connectivity index (χ3v) is 5.67. The molecular weight excluding hydrogens is 394 g/mol. The van der Waals surface area contributed by atoms with Crippen molar-refractivity contribution in [3.63, 3.8) is 0 Å². The molecule has 7 heteroatoms. The Kier molecular flexibility index (Phi) is 7.51. The number of unbranched alkanes of at least 4 members (excludes halogenated alkanes) is 3. The van der Waals surface area contributed by atoms with E-state index >= 15 is 0 Å². The second-order valence-electron chi connectivity index (χ2n) is 6.41. The molecule has 28 heavy (non-hydrogen) atoms. The van der Waals surface area contributed by atoms with Gasteiger partial charge in [-0.05, 0) is 55.0 Å². The van der Waals surface area contributed by atoms with Crippen molar-refractivity contribution in [2.24, 2.45) is 0 Å². The summed E-state index contributed by atoms with van der Waals surface area (Å²) in [7, 11) is 0. The summed E-state index contributed by atoms with van der Waals surface area (Å²) in [6, 6.07) is 11.4. The van der Waals surface area contributed by atoms with E-state index in [4.69, 9.17) is 11.6 Å². The average molecular weight is 416 g/mol. The molecule has 0 fully saturated rings. The zero-order chi connectivity index (χ0) is 19.8. The second kappa shape index (κ2) is 10.3. The normalized spacial score (nSPS) is 10.9. The van der Waals surface area contributed by atoms with Crippen LogP contribution in [-0.4, -0.2) is 17.3 Å². The molecule has 3 rings (SSSR count). The zero-order valence-electron chi connectivity index (χ0n) is 15.4. The quantitative estimate of drug-likeness (QED) is 0.265. The second-order valence-corrected chi connectivity index (χ2v) is 8.02. The number of rotatable bonds is 11. The van der Waals surface area contributed by atoms with Crippen molar-refractivity contribution in [1.82, 2.24) is 4.98 Å². The minimum Gasteiger partial charge on any atom is -0.380 e. The number of nitrogens with one attached hydrogen (secondary N) is 2. The van der Waals surface area contributed by atoms with Gasteiger partial charge in [-0.15, -0.1) is 11.8 Å². The van der Waals surface area contributed by atoms with Crippen molar-refractivity contribution < 1.29 is 0 Å². The molecule has 0 aliphatic rings. The van der Waals surface area contributed by atoms with Gasteiger partial charge in [0.05, 0.1) is 0 Å². The Morgan fingerprint density at radius 2 is 1.54 bits per heavy atom. The Balaban J connectivity index is 1.32. The lowest BCUT2D eigenvalue weighted by molar-refractivity contribution is 0.688. The maximum atomic E-state index is 11.8. The maximum absolute atomic E-state index is 11.8. The van der Waals surface area contributed by atoms with Crippen molar-refractivity contribution in [3.8, 4) is 0 Å². The molecule has 5 nitrogen and oxygen atoms in total. The molecule has 0 unspecified atom stereocenters. The summed E-state index contributed by atoms with van der Waals surface area (Å²) in [5, 5.41) is 6.86. The fourth-order valence-corrected chi connectivity index (χ4v) is 3.81. The summed E-state index contributed by atoms with van der Waals surface area (Å²) in [4.78, 5) is 28.7. The smallest absolute Gasteiger partial charge is 0.253 e. The van der Waals surface area contributed by atoms with Crippen LogP contribution in [0, 0.1) is 0 Å². The minimum atomic E-state index is -0.474. The topological polar surface area (TPSA) is 71.1 Å². The van der Waals surface area contributed by atoms with E-state index in [1.807, 2.05) is 36.0 Å². The fourth-order valence-electron chi connectivity index (χ4n) is 2.77. The van der Waals surface area contributed by atoms with Crippen LogP contribution in [0.4, 0.5) is 17.1 Å². The van der Waals surface area contributed by atoms with Gasteiger partial charge < -0.3 is 10.6 Å². The van der Waals surface area contributed by atoms with E-state index in [0.29, 0.717) is 17.9 Å². The highest BCUT2D eigenvalue weighted by molar-refractivity contribution is 7.99. The van der Waals surface area contributed by atoms with Crippen LogP contribution in [0.2, 0.25) is 5.02 Å². The van der Waals surface area contributed by atoms with Crippen molar-refractivity contribution in [2.45, 2.75) is 30.6 Å². The monoisotopic (exact) mass is 415 g/mol. The highest BCUT2D eigenvalue weighted by Gasteiger charge is 2.20. The fraction of sp³-hybridized carbons (Fsp3) is 0.286. The molecule has 1 aromatic heterocycles. The number of hydrogen-bond donors (Lipinski definition) is 2. The van der Waals surface area contributed by atoms with E-state index in [1.165, 1.54) is 4.90 Å². The third kappa shape index (κ3) is 5.59. The molecule has 0 bridgehead atoms. The predicted octanol–water partition coefficient (Wildman–Crippen LogP) is 4.84. The number of pyridine rings is 1. The lowest BCUT2D eigenvalue weighted by atomic mass is 10.1. The Morgan fingerprint density at radius 3 is 2.29 bits per heavy atom. The Bertz CT molecular complexity index is 954. The molecule has 0 spiro atoms. The highest BCUT2D eigenvalue weighted by atomic mass is 35.5. The number of anilines is 3. The van der Waals surface area contributed by atoms with Crippen LogP contribution in [0.15, 0.2) is 63.3 Å². The number of benzene rings is 1. The summed E-state index contributed by atoms with van der Waals surface area (Å²) in [6.45, 7) is 0.681. The standard InChI is InChI=1S/C21H22ClN3O2S/c22-15-5-7-17(8-6-15)28-14-4-2-1-3-11-24-18-19(21(27)20(18)26)25-16-9-12-23-13-10-16/h5-10,12-13,24H,1-4,11,14H2,(H,23,25). The Hall–Kier alpha value is -2.31. The summed E-state index contributed by atoms with van der Waals surface area (Å²) >= 11 is 7.72. The molecule has 0 aliphatic carbocycles. The van der Waals surface area contributed by atoms with Crippen LogP contribution >= 0.6 is 23.4 Å². The largest absolute Gasteiger partial charge is 0.380 e. The molecule has 0 atom stereocenters. The first-order valence-corrected chi connectivity index (χ1v) is 10.6. The van der Waals surface area contributed by atoms with Gasteiger partial charge in [0, 0.05) is 34.5 Å². The van der Waals surface area contributed by atoms with Gasteiger partial charge in [-0.1, -0.05) is 24.4 Å². The lowest BCUT2D eigenvalue weighted by Crippen LogP contribution is -2.36. The van der Waals surface area contributed by atoms with Crippen LogP contribution < -0.4 is 21.5 Å². The maximum Gasteiger partial charge on any atom is 0.253 e. The van der Waals surface area contributed by atoms with E-state index in [-0.39, 0.29) is 0 Å². The summed E-state index contributed by atoms with van der Waals surface area (Å²) < 4.78 is 0. The Labute approximate surface area is 173 Å². The van der Waals surface area contributed by atoms with E-state index in [9.17, 15) is 9.59 Å². The molecule has 2 aromatic carbocycles. The number of nitrogens with zero attached hydrogens (tertiary/aromatic N) is 1.